The molecule has 0 N–H and O–H groups in total. The molecule has 0 fully saturated rings. The molecule has 0 spiro atoms. The Morgan fingerprint density at radius 1 is 1.13 bits per heavy atom. The summed E-state index contributed by atoms with van der Waals surface area (Å²) in [6.07, 6.45) is -2.90. The van der Waals surface area contributed by atoms with Crippen LogP contribution in [0.5, 0.6) is 0 Å². The van der Waals surface area contributed by atoms with E-state index < -0.39 is 11.9 Å². The molecule has 0 radical (unpaired) electrons. The third-order valence-corrected chi connectivity index (χ3v) is 4.32. The standard InChI is InChI=1S/C14H11F3N4OS/c1-8(22)21-6-5-9(19-21)11-3-4-12(23-11)10-7-13(14(15,16)17)20(2)18-10/h3-7H,1-2H3. The number of alkyl halides is 3. The Hall–Kier alpha value is -2.42. The summed E-state index contributed by atoms with van der Waals surface area (Å²) in [5, 5.41) is 8.04. The highest BCUT2D eigenvalue weighted by molar-refractivity contribution is 7.18. The lowest BCUT2D eigenvalue weighted by Gasteiger charge is -2.04. The van der Waals surface area contributed by atoms with Crippen LogP contribution in [0.15, 0.2) is 30.5 Å². The minimum absolute atomic E-state index is 0.215. The van der Waals surface area contributed by atoms with Gasteiger partial charge in [-0.05, 0) is 24.3 Å². The van der Waals surface area contributed by atoms with Gasteiger partial charge < -0.3 is 0 Å². The molecule has 0 aliphatic carbocycles. The first-order valence-corrected chi connectivity index (χ1v) is 7.36. The van der Waals surface area contributed by atoms with Gasteiger partial charge in [-0.3, -0.25) is 9.48 Å². The number of nitrogens with zero attached hydrogens (tertiary/aromatic N) is 4. The van der Waals surface area contributed by atoms with E-state index in [9.17, 15) is 18.0 Å². The Labute approximate surface area is 133 Å². The van der Waals surface area contributed by atoms with Crippen LogP contribution in [0.3, 0.4) is 0 Å². The molecule has 0 aromatic carbocycles. The summed E-state index contributed by atoms with van der Waals surface area (Å²) < 4.78 is 40.5. The number of hydrogen-bond acceptors (Lipinski definition) is 4. The van der Waals surface area contributed by atoms with Gasteiger partial charge in [0.05, 0.1) is 9.75 Å². The van der Waals surface area contributed by atoms with Gasteiger partial charge >= 0.3 is 6.18 Å². The molecule has 9 heteroatoms. The molecule has 0 atom stereocenters. The van der Waals surface area contributed by atoms with E-state index in [1.54, 1.807) is 24.4 Å². The average molecular weight is 340 g/mol. The van der Waals surface area contributed by atoms with Crippen LogP contribution in [-0.2, 0) is 13.2 Å². The van der Waals surface area contributed by atoms with Crippen LogP contribution < -0.4 is 0 Å². The summed E-state index contributed by atoms with van der Waals surface area (Å²) in [5.41, 5.74) is 0.0359. The third-order valence-electron chi connectivity index (χ3n) is 3.19. The van der Waals surface area contributed by atoms with Crippen molar-refractivity contribution < 1.29 is 18.0 Å². The van der Waals surface area contributed by atoms with Gasteiger partial charge in [0.2, 0.25) is 5.91 Å². The van der Waals surface area contributed by atoms with Crippen molar-refractivity contribution >= 4 is 17.2 Å². The van der Waals surface area contributed by atoms with Gasteiger partial charge in [0, 0.05) is 20.2 Å². The van der Waals surface area contributed by atoms with Crippen molar-refractivity contribution in [1.82, 2.24) is 19.6 Å². The fourth-order valence-corrected chi connectivity index (χ4v) is 3.02. The lowest BCUT2D eigenvalue weighted by atomic mass is 10.3. The van der Waals surface area contributed by atoms with Gasteiger partial charge in [-0.2, -0.15) is 23.4 Å². The van der Waals surface area contributed by atoms with Crippen LogP contribution in [0.2, 0.25) is 0 Å². The molecule has 0 unspecified atom stereocenters. The maximum atomic E-state index is 12.8. The zero-order valence-electron chi connectivity index (χ0n) is 12.1. The Morgan fingerprint density at radius 2 is 1.78 bits per heavy atom. The second kappa shape index (κ2) is 5.34. The number of halogens is 3. The van der Waals surface area contributed by atoms with Crippen molar-refractivity contribution in [3.05, 3.63) is 36.2 Å². The molecule has 23 heavy (non-hydrogen) atoms. The second-order valence-corrected chi connectivity index (χ2v) is 5.95. The van der Waals surface area contributed by atoms with Crippen molar-refractivity contribution in [2.75, 3.05) is 0 Å². The highest BCUT2D eigenvalue weighted by atomic mass is 32.1. The number of hydrogen-bond donors (Lipinski definition) is 0. The van der Waals surface area contributed by atoms with E-state index in [-0.39, 0.29) is 11.6 Å². The van der Waals surface area contributed by atoms with Gasteiger partial charge in [0.15, 0.2) is 0 Å². The molecule has 0 saturated carbocycles. The number of rotatable bonds is 2. The monoisotopic (exact) mass is 340 g/mol. The summed E-state index contributed by atoms with van der Waals surface area (Å²) in [5.74, 6) is -0.215. The van der Waals surface area contributed by atoms with E-state index in [4.69, 9.17) is 0 Å². The molecule has 0 aliphatic rings. The van der Waals surface area contributed by atoms with Crippen LogP contribution in [0.1, 0.15) is 17.4 Å². The minimum Gasteiger partial charge on any atom is -0.273 e. The molecule has 5 nitrogen and oxygen atoms in total. The first-order valence-electron chi connectivity index (χ1n) is 6.54. The number of aromatic nitrogens is 4. The predicted molar refractivity (Wildman–Crippen MR) is 79.0 cm³/mol. The number of thiophene rings is 1. The maximum Gasteiger partial charge on any atom is 0.433 e. The summed E-state index contributed by atoms with van der Waals surface area (Å²) >= 11 is 1.27. The van der Waals surface area contributed by atoms with Gasteiger partial charge in [-0.15, -0.1) is 11.3 Å². The fraction of sp³-hybridized carbons (Fsp3) is 0.214. The Morgan fingerprint density at radius 3 is 2.30 bits per heavy atom. The summed E-state index contributed by atoms with van der Waals surface area (Å²) in [4.78, 5) is 12.6. The number of carbonyl (C=O) groups is 1. The van der Waals surface area contributed by atoms with Gasteiger partial charge in [-0.25, -0.2) is 4.68 Å². The zero-order valence-corrected chi connectivity index (χ0v) is 12.9. The van der Waals surface area contributed by atoms with E-state index in [2.05, 4.69) is 10.2 Å². The van der Waals surface area contributed by atoms with Crippen LogP contribution in [0, 0.1) is 0 Å². The second-order valence-electron chi connectivity index (χ2n) is 4.86. The maximum absolute atomic E-state index is 12.8. The fourth-order valence-electron chi connectivity index (χ4n) is 2.10. The van der Waals surface area contributed by atoms with Crippen LogP contribution in [-0.4, -0.2) is 25.5 Å². The Balaban J connectivity index is 1.94. The van der Waals surface area contributed by atoms with Crippen molar-refractivity contribution in [3.63, 3.8) is 0 Å². The Bertz CT molecular complexity index is 875. The smallest absolute Gasteiger partial charge is 0.273 e. The zero-order chi connectivity index (χ0) is 16.8. The Kier molecular flexibility index (Phi) is 3.59. The summed E-state index contributed by atoms with van der Waals surface area (Å²) in [6.45, 7) is 1.39. The minimum atomic E-state index is -4.44. The number of carbonyl (C=O) groups excluding carboxylic acids is 1. The molecule has 0 saturated heterocycles. The van der Waals surface area contributed by atoms with Crippen molar-refractivity contribution in [3.8, 4) is 21.1 Å². The summed E-state index contributed by atoms with van der Waals surface area (Å²) in [6, 6.07) is 6.13. The van der Waals surface area contributed by atoms with Crippen molar-refractivity contribution in [2.45, 2.75) is 13.1 Å². The molecule has 120 valence electrons. The van der Waals surface area contributed by atoms with Gasteiger partial charge in [0.25, 0.3) is 0 Å². The van der Waals surface area contributed by atoms with Crippen LogP contribution >= 0.6 is 11.3 Å². The molecule has 3 aromatic heterocycles. The first kappa shape index (κ1) is 15.5. The van der Waals surface area contributed by atoms with E-state index >= 15 is 0 Å². The predicted octanol–water partition coefficient (Wildman–Crippen LogP) is 3.69. The quantitative estimate of drug-likeness (QED) is 0.715. The molecular weight excluding hydrogens is 329 g/mol. The third kappa shape index (κ3) is 2.91. The van der Waals surface area contributed by atoms with E-state index in [1.807, 2.05) is 0 Å². The molecule has 0 aliphatic heterocycles. The lowest BCUT2D eigenvalue weighted by molar-refractivity contribution is -0.143. The highest BCUT2D eigenvalue weighted by Crippen LogP contribution is 2.36. The van der Waals surface area contributed by atoms with E-state index in [0.717, 1.165) is 15.6 Å². The summed E-state index contributed by atoms with van der Waals surface area (Å²) in [7, 11) is 1.26. The largest absolute Gasteiger partial charge is 0.433 e. The average Bonchev–Trinajstić information content (AvgIpc) is 3.15. The molecule has 3 rings (SSSR count). The SMILES string of the molecule is CC(=O)n1ccc(-c2ccc(-c3cc(C(F)(F)F)n(C)n3)s2)n1. The molecule has 3 heterocycles. The normalized spacial score (nSPS) is 11.9. The lowest BCUT2D eigenvalue weighted by Crippen LogP contribution is -2.11. The van der Waals surface area contributed by atoms with Crippen LogP contribution in [0.25, 0.3) is 21.1 Å². The van der Waals surface area contributed by atoms with Gasteiger partial charge in [0.1, 0.15) is 17.1 Å². The van der Waals surface area contributed by atoms with Gasteiger partial charge in [-0.1, -0.05) is 0 Å². The van der Waals surface area contributed by atoms with Crippen molar-refractivity contribution in [2.24, 2.45) is 7.05 Å². The first-order chi connectivity index (χ1) is 10.8. The molecule has 3 aromatic rings. The van der Waals surface area contributed by atoms with Crippen molar-refractivity contribution in [1.29, 1.82) is 0 Å². The highest BCUT2D eigenvalue weighted by Gasteiger charge is 2.35. The van der Waals surface area contributed by atoms with E-state index in [1.165, 1.54) is 30.0 Å². The molecular formula is C14H11F3N4OS. The number of aryl methyl sites for hydroxylation is 1. The van der Waals surface area contributed by atoms with E-state index in [0.29, 0.717) is 10.6 Å². The van der Waals surface area contributed by atoms with Crippen LogP contribution in [0.4, 0.5) is 13.2 Å². The molecule has 0 bridgehead atoms. The topological polar surface area (TPSA) is 52.7 Å². The molecule has 0 amide bonds.